The van der Waals surface area contributed by atoms with Crippen LogP contribution in [0.5, 0.6) is 0 Å². The van der Waals surface area contributed by atoms with E-state index in [0.717, 1.165) is 31.5 Å². The minimum atomic E-state index is -3.12. The van der Waals surface area contributed by atoms with Crippen molar-refractivity contribution in [2.24, 2.45) is 5.92 Å². The Morgan fingerprint density at radius 1 is 1.38 bits per heavy atom. The Bertz CT molecular complexity index is 570. The molecule has 0 unspecified atom stereocenters. The van der Waals surface area contributed by atoms with Gasteiger partial charge in [0.2, 0.25) is 16.0 Å². The molecule has 1 aliphatic carbocycles. The number of nitrogen functional groups attached to an aromatic ring is 1. The van der Waals surface area contributed by atoms with Crippen molar-refractivity contribution in [2.45, 2.75) is 31.7 Å². The first-order valence-corrected chi connectivity index (χ1v) is 8.79. The summed E-state index contributed by atoms with van der Waals surface area (Å²) >= 11 is 0. The van der Waals surface area contributed by atoms with Gasteiger partial charge in [-0.15, -0.1) is 0 Å². The van der Waals surface area contributed by atoms with Gasteiger partial charge in [-0.05, 0) is 44.7 Å². The fourth-order valence-electron chi connectivity index (χ4n) is 2.84. The molecule has 1 aliphatic rings. The van der Waals surface area contributed by atoms with Gasteiger partial charge in [-0.3, -0.25) is 0 Å². The maximum atomic E-state index is 11.6. The Kier molecular flexibility index (Phi) is 5.00. The highest BCUT2D eigenvalue weighted by Crippen LogP contribution is 2.29. The van der Waals surface area contributed by atoms with Crippen LogP contribution in [-0.2, 0) is 10.0 Å². The van der Waals surface area contributed by atoms with Gasteiger partial charge in [0, 0.05) is 19.3 Å². The van der Waals surface area contributed by atoms with E-state index in [1.54, 1.807) is 6.20 Å². The highest BCUT2D eigenvalue weighted by Gasteiger charge is 2.27. The molecule has 0 aromatic carbocycles. The van der Waals surface area contributed by atoms with E-state index >= 15 is 0 Å². The molecule has 1 saturated carbocycles. The van der Waals surface area contributed by atoms with Gasteiger partial charge in [-0.2, -0.15) is 4.98 Å². The zero-order valence-electron chi connectivity index (χ0n) is 12.5. The lowest BCUT2D eigenvalue weighted by atomic mass is 9.86. The molecule has 3 N–H and O–H groups in total. The predicted octanol–water partition coefficient (Wildman–Crippen LogP) is 0.603. The first kappa shape index (κ1) is 16.0. The van der Waals surface area contributed by atoms with Crippen molar-refractivity contribution in [3.05, 3.63) is 12.3 Å². The lowest BCUT2D eigenvalue weighted by molar-refractivity contribution is 0.340. The molecule has 0 aliphatic heterocycles. The van der Waals surface area contributed by atoms with E-state index < -0.39 is 10.0 Å². The van der Waals surface area contributed by atoms with Crippen LogP contribution in [0.1, 0.15) is 25.7 Å². The van der Waals surface area contributed by atoms with Gasteiger partial charge in [0.05, 0.1) is 5.75 Å². The van der Waals surface area contributed by atoms with Crippen molar-refractivity contribution >= 4 is 21.8 Å². The normalized spacial score (nSPS) is 23.0. The summed E-state index contributed by atoms with van der Waals surface area (Å²) in [4.78, 5) is 10.2. The molecule has 0 saturated heterocycles. The van der Waals surface area contributed by atoms with E-state index in [1.165, 1.54) is 7.05 Å². The van der Waals surface area contributed by atoms with Crippen LogP contribution in [0.25, 0.3) is 0 Å². The van der Waals surface area contributed by atoms with Crippen molar-refractivity contribution in [2.75, 3.05) is 30.5 Å². The van der Waals surface area contributed by atoms with E-state index in [4.69, 9.17) is 5.73 Å². The number of nitrogens with two attached hydrogens (primary N) is 1. The summed E-state index contributed by atoms with van der Waals surface area (Å²) in [5, 5.41) is 0. The maximum Gasteiger partial charge on any atom is 0.221 e. The van der Waals surface area contributed by atoms with Crippen LogP contribution in [0.15, 0.2) is 12.3 Å². The van der Waals surface area contributed by atoms with Crippen molar-refractivity contribution in [3.63, 3.8) is 0 Å². The first-order chi connectivity index (χ1) is 9.91. The van der Waals surface area contributed by atoms with Crippen molar-refractivity contribution < 1.29 is 8.42 Å². The monoisotopic (exact) mass is 313 g/mol. The van der Waals surface area contributed by atoms with E-state index in [0.29, 0.717) is 6.04 Å². The summed E-state index contributed by atoms with van der Waals surface area (Å²) in [6.45, 7) is 0. The average Bonchev–Trinajstić information content (AvgIpc) is 2.47. The molecule has 2 rings (SSSR count). The molecule has 0 bridgehead atoms. The molecule has 1 heterocycles. The second kappa shape index (κ2) is 6.57. The summed E-state index contributed by atoms with van der Waals surface area (Å²) in [5.74, 6) is 1.55. The number of aromatic nitrogens is 2. The number of hydrogen-bond acceptors (Lipinski definition) is 6. The van der Waals surface area contributed by atoms with Crippen LogP contribution in [0.4, 0.5) is 11.8 Å². The highest BCUT2D eigenvalue weighted by atomic mass is 32.2. The molecular weight excluding hydrogens is 290 g/mol. The van der Waals surface area contributed by atoms with Crippen LogP contribution in [-0.4, -0.2) is 44.3 Å². The number of nitrogens with one attached hydrogen (secondary N) is 1. The van der Waals surface area contributed by atoms with Gasteiger partial charge in [-0.1, -0.05) is 0 Å². The number of rotatable bonds is 5. The largest absolute Gasteiger partial charge is 0.368 e. The molecule has 1 aromatic heterocycles. The van der Waals surface area contributed by atoms with Crippen molar-refractivity contribution in [1.29, 1.82) is 0 Å². The Morgan fingerprint density at radius 2 is 2.05 bits per heavy atom. The third-order valence-electron chi connectivity index (χ3n) is 4.15. The Hall–Kier alpha value is -1.41. The SMILES string of the molecule is CNS(=O)(=O)CC1CCC(N(C)c2ccnc(N)n2)CC1. The van der Waals surface area contributed by atoms with Gasteiger partial charge in [0.1, 0.15) is 5.82 Å². The molecule has 0 amide bonds. The zero-order chi connectivity index (χ0) is 15.5. The second-order valence-electron chi connectivity index (χ2n) is 5.54. The number of sulfonamides is 1. The lowest BCUT2D eigenvalue weighted by Crippen LogP contribution is -2.37. The van der Waals surface area contributed by atoms with Crippen molar-refractivity contribution in [1.82, 2.24) is 14.7 Å². The topological polar surface area (TPSA) is 101 Å². The number of hydrogen-bond donors (Lipinski definition) is 2. The minimum absolute atomic E-state index is 0.223. The summed E-state index contributed by atoms with van der Waals surface area (Å²) in [6.07, 6.45) is 5.40. The summed E-state index contributed by atoms with van der Waals surface area (Å²) in [5.41, 5.74) is 5.61. The highest BCUT2D eigenvalue weighted by molar-refractivity contribution is 7.89. The summed E-state index contributed by atoms with van der Waals surface area (Å²) in [7, 11) is 0.348. The quantitative estimate of drug-likeness (QED) is 0.825. The fraction of sp³-hybridized carbons (Fsp3) is 0.692. The van der Waals surface area contributed by atoms with Gasteiger partial charge in [0.25, 0.3) is 0 Å². The molecule has 1 aromatic rings. The van der Waals surface area contributed by atoms with Crippen molar-refractivity contribution in [3.8, 4) is 0 Å². The van der Waals surface area contributed by atoms with Crippen LogP contribution in [0, 0.1) is 5.92 Å². The average molecular weight is 313 g/mol. The minimum Gasteiger partial charge on any atom is -0.368 e. The fourth-order valence-corrected chi connectivity index (χ4v) is 3.96. The van der Waals surface area contributed by atoms with Crippen LogP contribution in [0.3, 0.4) is 0 Å². The Balaban J connectivity index is 1.92. The molecule has 8 heteroatoms. The molecule has 21 heavy (non-hydrogen) atoms. The van der Waals surface area contributed by atoms with E-state index in [-0.39, 0.29) is 17.6 Å². The summed E-state index contributed by atoms with van der Waals surface area (Å²) < 4.78 is 25.6. The molecule has 0 atom stereocenters. The Morgan fingerprint density at radius 3 is 2.62 bits per heavy atom. The predicted molar refractivity (Wildman–Crippen MR) is 83.4 cm³/mol. The van der Waals surface area contributed by atoms with Gasteiger partial charge >= 0.3 is 0 Å². The summed E-state index contributed by atoms with van der Waals surface area (Å²) in [6, 6.07) is 2.21. The molecule has 1 fully saturated rings. The zero-order valence-corrected chi connectivity index (χ0v) is 13.3. The molecule has 118 valence electrons. The molecule has 0 spiro atoms. The maximum absolute atomic E-state index is 11.6. The van der Waals surface area contributed by atoms with E-state index in [9.17, 15) is 8.42 Å². The van der Waals surface area contributed by atoms with Gasteiger partial charge in [-0.25, -0.2) is 18.1 Å². The van der Waals surface area contributed by atoms with E-state index in [1.807, 2.05) is 13.1 Å². The third-order valence-corrected chi connectivity index (χ3v) is 5.68. The standard InChI is InChI=1S/C13H23N5O2S/c1-15-21(19,20)9-10-3-5-11(6-4-10)18(2)12-7-8-16-13(14)17-12/h7-8,10-11,15H,3-6,9H2,1-2H3,(H2,14,16,17). The molecule has 0 radical (unpaired) electrons. The van der Waals surface area contributed by atoms with Crippen LogP contribution in [0.2, 0.25) is 0 Å². The second-order valence-corrected chi connectivity index (χ2v) is 7.52. The van der Waals surface area contributed by atoms with Gasteiger partial charge in [0.15, 0.2) is 0 Å². The Labute approximate surface area is 126 Å². The lowest BCUT2D eigenvalue weighted by Gasteiger charge is -2.35. The number of anilines is 2. The smallest absolute Gasteiger partial charge is 0.221 e. The molecule has 7 nitrogen and oxygen atoms in total. The third kappa shape index (κ3) is 4.28. The first-order valence-electron chi connectivity index (χ1n) is 7.14. The molecular formula is C13H23N5O2S. The van der Waals surface area contributed by atoms with Crippen LogP contribution < -0.4 is 15.4 Å². The van der Waals surface area contributed by atoms with Crippen LogP contribution >= 0.6 is 0 Å². The van der Waals surface area contributed by atoms with E-state index in [2.05, 4.69) is 19.6 Å². The number of nitrogens with zero attached hydrogens (tertiary/aromatic N) is 3. The van der Waals surface area contributed by atoms with Gasteiger partial charge < -0.3 is 10.6 Å².